The number of carbonyl (C=O) groups excluding carboxylic acids is 1. The zero-order valence-electron chi connectivity index (χ0n) is 17.7. The van der Waals surface area contributed by atoms with Crippen LogP contribution in [0.15, 0.2) is 29.1 Å². The molecular formula is C23H25ClN4O3S. The number of amides is 1. The molecule has 3 heterocycles. The van der Waals surface area contributed by atoms with E-state index in [9.17, 15) is 9.59 Å². The van der Waals surface area contributed by atoms with E-state index in [2.05, 4.69) is 9.88 Å². The number of aromatic amines is 1. The first-order chi connectivity index (χ1) is 15.6. The third-order valence-electron chi connectivity index (χ3n) is 6.13. The lowest BCUT2D eigenvalue weighted by Crippen LogP contribution is -2.49. The number of carbonyl (C=O) groups is 1. The van der Waals surface area contributed by atoms with Gasteiger partial charge in [0.25, 0.3) is 11.5 Å². The van der Waals surface area contributed by atoms with Gasteiger partial charge in [0.15, 0.2) is 6.61 Å². The van der Waals surface area contributed by atoms with Crippen molar-refractivity contribution in [2.24, 2.45) is 0 Å². The topological polar surface area (TPSA) is 78.5 Å². The molecule has 2 aromatic heterocycles. The number of ether oxygens (including phenoxy) is 1. The van der Waals surface area contributed by atoms with Gasteiger partial charge in [0.05, 0.1) is 11.9 Å². The van der Waals surface area contributed by atoms with E-state index in [0.29, 0.717) is 36.2 Å². The highest BCUT2D eigenvalue weighted by Gasteiger charge is 2.23. The predicted molar refractivity (Wildman–Crippen MR) is 126 cm³/mol. The highest BCUT2D eigenvalue weighted by molar-refractivity contribution is 7.18. The number of H-pyrrole nitrogens is 1. The van der Waals surface area contributed by atoms with Gasteiger partial charge in [-0.05, 0) is 49.4 Å². The fourth-order valence-electron chi connectivity index (χ4n) is 4.44. The number of thiophene rings is 1. The molecule has 32 heavy (non-hydrogen) atoms. The van der Waals surface area contributed by atoms with Crippen molar-refractivity contribution in [2.75, 3.05) is 32.8 Å². The number of hydrogen-bond donors (Lipinski definition) is 1. The van der Waals surface area contributed by atoms with E-state index in [-0.39, 0.29) is 18.1 Å². The molecule has 0 unspecified atom stereocenters. The van der Waals surface area contributed by atoms with E-state index >= 15 is 0 Å². The fourth-order valence-corrected chi connectivity index (χ4v) is 5.90. The third kappa shape index (κ3) is 4.53. The fraction of sp³-hybridized carbons (Fsp3) is 0.435. The van der Waals surface area contributed by atoms with E-state index < -0.39 is 0 Å². The molecule has 168 valence electrons. The van der Waals surface area contributed by atoms with Crippen molar-refractivity contribution < 1.29 is 9.53 Å². The lowest BCUT2D eigenvalue weighted by molar-refractivity contribution is -0.135. The molecule has 1 fully saturated rings. The van der Waals surface area contributed by atoms with Gasteiger partial charge in [-0.25, -0.2) is 4.98 Å². The van der Waals surface area contributed by atoms with Crippen LogP contribution < -0.4 is 10.3 Å². The minimum absolute atomic E-state index is 0.00503. The zero-order valence-corrected chi connectivity index (χ0v) is 19.3. The van der Waals surface area contributed by atoms with E-state index in [4.69, 9.17) is 21.3 Å². The van der Waals surface area contributed by atoms with Crippen LogP contribution in [0.25, 0.3) is 10.2 Å². The molecule has 1 saturated heterocycles. The van der Waals surface area contributed by atoms with Gasteiger partial charge in [0.1, 0.15) is 16.4 Å². The molecule has 9 heteroatoms. The third-order valence-corrected chi connectivity index (χ3v) is 7.55. The maximum absolute atomic E-state index is 12.7. The minimum atomic E-state index is -0.0401. The summed E-state index contributed by atoms with van der Waals surface area (Å²) in [6.45, 7) is 3.27. The van der Waals surface area contributed by atoms with Crippen LogP contribution in [0.3, 0.4) is 0 Å². The first kappa shape index (κ1) is 21.4. The number of nitrogens with zero attached hydrogens (tertiary/aromatic N) is 3. The number of rotatable bonds is 5. The molecule has 7 nitrogen and oxygen atoms in total. The molecule has 1 aromatic carbocycles. The number of fused-ring (bicyclic) bond motifs is 3. The van der Waals surface area contributed by atoms with Crippen LogP contribution in [0.5, 0.6) is 5.75 Å². The average Bonchev–Trinajstić information content (AvgIpc) is 3.17. The lowest BCUT2D eigenvalue weighted by Gasteiger charge is -2.34. The molecule has 1 aliphatic carbocycles. The summed E-state index contributed by atoms with van der Waals surface area (Å²) in [5.74, 6) is 1.25. The van der Waals surface area contributed by atoms with Crippen LogP contribution in [-0.4, -0.2) is 58.5 Å². The van der Waals surface area contributed by atoms with Crippen molar-refractivity contribution in [1.29, 1.82) is 0 Å². The van der Waals surface area contributed by atoms with Gasteiger partial charge in [-0.15, -0.1) is 11.3 Å². The van der Waals surface area contributed by atoms with Gasteiger partial charge in [-0.3, -0.25) is 14.5 Å². The van der Waals surface area contributed by atoms with Crippen LogP contribution in [0, 0.1) is 0 Å². The van der Waals surface area contributed by atoms with Crippen LogP contribution in [0.1, 0.15) is 29.1 Å². The maximum Gasteiger partial charge on any atom is 0.260 e. The summed E-state index contributed by atoms with van der Waals surface area (Å²) in [6, 6.07) is 7.04. The van der Waals surface area contributed by atoms with Crippen molar-refractivity contribution in [3.05, 3.63) is 55.9 Å². The Morgan fingerprint density at radius 1 is 1.19 bits per heavy atom. The first-order valence-corrected chi connectivity index (χ1v) is 12.2. The number of nitrogens with one attached hydrogen (secondary N) is 1. The molecule has 1 N–H and O–H groups in total. The normalized spacial score (nSPS) is 16.8. The molecule has 1 amide bonds. The Kier molecular flexibility index (Phi) is 6.17. The molecule has 5 rings (SSSR count). The maximum atomic E-state index is 12.7. The van der Waals surface area contributed by atoms with Crippen molar-refractivity contribution in [3.63, 3.8) is 0 Å². The standard InChI is InChI=1S/C23H25ClN4O3S/c24-15-4-3-5-16(12-15)31-14-20(29)28-10-8-27(9-11-28)13-19-25-22(30)21-17-6-1-2-7-18(17)32-23(21)26-19/h3-5,12H,1-2,6-11,13-14H2,(H,25,26,30). The molecule has 0 saturated carbocycles. The summed E-state index contributed by atoms with van der Waals surface area (Å²) in [4.78, 5) is 39.2. The first-order valence-electron chi connectivity index (χ1n) is 11.0. The van der Waals surface area contributed by atoms with Crippen LogP contribution in [-0.2, 0) is 24.2 Å². The summed E-state index contributed by atoms with van der Waals surface area (Å²) in [5.41, 5.74) is 1.19. The molecule has 2 aliphatic rings. The molecule has 0 bridgehead atoms. The summed E-state index contributed by atoms with van der Waals surface area (Å²) < 4.78 is 5.58. The van der Waals surface area contributed by atoms with E-state index in [0.717, 1.165) is 42.6 Å². The van der Waals surface area contributed by atoms with E-state index in [1.807, 2.05) is 4.90 Å². The van der Waals surface area contributed by atoms with Crippen LogP contribution >= 0.6 is 22.9 Å². The van der Waals surface area contributed by atoms with Gasteiger partial charge in [0.2, 0.25) is 0 Å². The van der Waals surface area contributed by atoms with Gasteiger partial charge in [0, 0.05) is 36.1 Å². The van der Waals surface area contributed by atoms with E-state index in [1.54, 1.807) is 35.6 Å². The smallest absolute Gasteiger partial charge is 0.260 e. The van der Waals surface area contributed by atoms with Gasteiger partial charge in [-0.1, -0.05) is 17.7 Å². The second kappa shape index (κ2) is 9.21. The largest absolute Gasteiger partial charge is 0.484 e. The van der Waals surface area contributed by atoms with Crippen LogP contribution in [0.2, 0.25) is 5.02 Å². The number of piperazine rings is 1. The quantitative estimate of drug-likeness (QED) is 0.616. The SMILES string of the molecule is O=C(COc1cccc(Cl)c1)N1CCN(Cc2nc3sc4c(c3c(=O)[nH]2)CCCC4)CC1. The lowest BCUT2D eigenvalue weighted by atomic mass is 9.97. The monoisotopic (exact) mass is 472 g/mol. The predicted octanol–water partition coefficient (Wildman–Crippen LogP) is 3.24. The molecule has 1 aliphatic heterocycles. The van der Waals surface area contributed by atoms with Crippen molar-refractivity contribution in [1.82, 2.24) is 19.8 Å². The number of halogens is 1. The Morgan fingerprint density at radius 3 is 2.81 bits per heavy atom. The number of benzene rings is 1. The second-order valence-corrected chi connectivity index (χ2v) is 9.83. The highest BCUT2D eigenvalue weighted by Crippen LogP contribution is 2.33. The number of aromatic nitrogens is 2. The minimum Gasteiger partial charge on any atom is -0.484 e. The Hall–Kier alpha value is -2.42. The summed E-state index contributed by atoms with van der Waals surface area (Å²) in [7, 11) is 0. The van der Waals surface area contributed by atoms with Crippen molar-refractivity contribution >= 4 is 39.1 Å². The Balaban J connectivity index is 1.17. The highest BCUT2D eigenvalue weighted by atomic mass is 35.5. The summed E-state index contributed by atoms with van der Waals surface area (Å²) in [5, 5.41) is 1.37. The van der Waals surface area contributed by atoms with Gasteiger partial charge < -0.3 is 14.6 Å². The van der Waals surface area contributed by atoms with Crippen molar-refractivity contribution in [3.8, 4) is 5.75 Å². The summed E-state index contributed by atoms with van der Waals surface area (Å²) in [6.07, 6.45) is 4.38. The molecular weight excluding hydrogens is 448 g/mol. The zero-order chi connectivity index (χ0) is 22.1. The van der Waals surface area contributed by atoms with E-state index in [1.165, 1.54) is 16.9 Å². The average molecular weight is 473 g/mol. The van der Waals surface area contributed by atoms with Crippen molar-refractivity contribution in [2.45, 2.75) is 32.2 Å². The Labute approximate surface area is 195 Å². The Bertz CT molecular complexity index is 1200. The second-order valence-electron chi connectivity index (χ2n) is 8.31. The molecule has 3 aromatic rings. The summed E-state index contributed by atoms with van der Waals surface area (Å²) >= 11 is 7.63. The van der Waals surface area contributed by atoms with Crippen LogP contribution in [0.4, 0.5) is 0 Å². The Morgan fingerprint density at radius 2 is 2.00 bits per heavy atom. The number of aryl methyl sites for hydroxylation is 2. The van der Waals surface area contributed by atoms with Gasteiger partial charge >= 0.3 is 0 Å². The molecule has 0 radical (unpaired) electrons. The number of hydrogen-bond acceptors (Lipinski definition) is 6. The molecule has 0 spiro atoms. The van der Waals surface area contributed by atoms with Gasteiger partial charge in [-0.2, -0.15) is 0 Å². The molecule has 0 atom stereocenters.